The van der Waals surface area contributed by atoms with Crippen molar-refractivity contribution in [2.24, 2.45) is 11.8 Å². The Hall–Kier alpha value is -3.09. The highest BCUT2D eigenvalue weighted by Crippen LogP contribution is 2.28. The fourth-order valence-electron chi connectivity index (χ4n) is 2.81. The molecule has 7 heteroatoms. The van der Waals surface area contributed by atoms with E-state index in [2.05, 4.69) is 15.6 Å². The Morgan fingerprint density at radius 2 is 1.84 bits per heavy atom. The number of carboxylic acids is 1. The highest BCUT2D eigenvalue weighted by molar-refractivity contribution is 5.95. The van der Waals surface area contributed by atoms with E-state index in [0.717, 1.165) is 10.9 Å². The van der Waals surface area contributed by atoms with Crippen LogP contribution >= 0.6 is 0 Å². The van der Waals surface area contributed by atoms with Crippen LogP contribution in [0.3, 0.4) is 0 Å². The molecule has 0 aliphatic heterocycles. The number of para-hydroxylation sites is 1. The van der Waals surface area contributed by atoms with Gasteiger partial charge in [0, 0.05) is 23.6 Å². The summed E-state index contributed by atoms with van der Waals surface area (Å²) in [7, 11) is 0. The quantitative estimate of drug-likeness (QED) is 0.491. The first-order chi connectivity index (χ1) is 11.9. The third kappa shape index (κ3) is 3.00. The van der Waals surface area contributed by atoms with Crippen LogP contribution in [-0.4, -0.2) is 22.6 Å². The Labute approximate surface area is 143 Å². The second-order valence-corrected chi connectivity index (χ2v) is 6.35. The van der Waals surface area contributed by atoms with Crippen molar-refractivity contribution >= 4 is 33.9 Å². The number of aromatic nitrogens is 1. The number of hydrogen-bond donors (Lipinski definition) is 4. The average Bonchev–Trinajstić information content (AvgIpc) is 2.99. The van der Waals surface area contributed by atoms with E-state index in [4.69, 9.17) is 0 Å². The molecule has 4 N–H and O–H groups in total. The van der Waals surface area contributed by atoms with Crippen LogP contribution in [0.2, 0.25) is 0 Å². The van der Waals surface area contributed by atoms with Crippen molar-refractivity contribution in [2.45, 2.75) is 13.8 Å². The summed E-state index contributed by atoms with van der Waals surface area (Å²) in [5.74, 6) is -1.68. The molecule has 0 fully saturated rings. The summed E-state index contributed by atoms with van der Waals surface area (Å²) >= 11 is 0. The van der Waals surface area contributed by atoms with E-state index in [1.165, 1.54) is 0 Å². The van der Waals surface area contributed by atoms with E-state index in [-0.39, 0.29) is 23.8 Å². The summed E-state index contributed by atoms with van der Waals surface area (Å²) in [5.41, 5.74) is 0.664. The molecule has 7 nitrogen and oxygen atoms in total. The summed E-state index contributed by atoms with van der Waals surface area (Å²) in [4.78, 5) is 38.1. The Morgan fingerprint density at radius 1 is 1.16 bits per heavy atom. The van der Waals surface area contributed by atoms with Crippen molar-refractivity contribution in [3.8, 4) is 0 Å². The van der Waals surface area contributed by atoms with Gasteiger partial charge in [-0.25, -0.2) is 0 Å². The van der Waals surface area contributed by atoms with Crippen LogP contribution < -0.4 is 21.5 Å². The van der Waals surface area contributed by atoms with Gasteiger partial charge in [-0.05, 0) is 12.0 Å². The third-order valence-corrected chi connectivity index (χ3v) is 4.38. The molecule has 2 aromatic carbocycles. The number of anilines is 3. The Bertz CT molecular complexity index is 996. The van der Waals surface area contributed by atoms with E-state index >= 15 is 0 Å². The number of aromatic amines is 1. The lowest BCUT2D eigenvalue weighted by atomic mass is 9.96. The lowest BCUT2D eigenvalue weighted by Crippen LogP contribution is -2.38. The van der Waals surface area contributed by atoms with Gasteiger partial charge < -0.3 is 20.7 Å². The Balaban J connectivity index is 1.82. The molecule has 3 rings (SSSR count). The van der Waals surface area contributed by atoms with Crippen molar-refractivity contribution in [1.29, 1.82) is 0 Å². The summed E-state index contributed by atoms with van der Waals surface area (Å²) in [6, 6.07) is 7.57. The molecule has 25 heavy (non-hydrogen) atoms. The van der Waals surface area contributed by atoms with E-state index in [0.29, 0.717) is 5.69 Å². The zero-order chi connectivity index (χ0) is 18.1. The number of H-pyrrole nitrogens is 1. The van der Waals surface area contributed by atoms with Gasteiger partial charge in [-0.1, -0.05) is 32.0 Å². The van der Waals surface area contributed by atoms with Gasteiger partial charge in [-0.3, -0.25) is 14.4 Å². The van der Waals surface area contributed by atoms with Crippen molar-refractivity contribution in [2.75, 3.05) is 17.2 Å². The highest BCUT2D eigenvalue weighted by Gasteiger charge is 2.26. The number of rotatable bonds is 7. The first-order valence-corrected chi connectivity index (χ1v) is 8.03. The summed E-state index contributed by atoms with van der Waals surface area (Å²) in [6.45, 7) is 3.68. The van der Waals surface area contributed by atoms with Crippen LogP contribution in [0.15, 0.2) is 40.1 Å². The van der Waals surface area contributed by atoms with Crippen molar-refractivity contribution in [1.82, 2.24) is 4.98 Å². The summed E-state index contributed by atoms with van der Waals surface area (Å²) in [6.07, 6.45) is 1.72. The molecule has 1 aromatic heterocycles. The maximum atomic E-state index is 11.9. The lowest BCUT2D eigenvalue weighted by molar-refractivity contribution is -0.142. The van der Waals surface area contributed by atoms with Crippen LogP contribution in [0.1, 0.15) is 13.8 Å². The molecular formula is C18H19N3O4. The number of hydrogen-bond acceptors (Lipinski definition) is 5. The molecule has 0 bridgehead atoms. The van der Waals surface area contributed by atoms with Crippen LogP contribution in [0.5, 0.6) is 0 Å². The molecule has 0 unspecified atom stereocenters. The molecule has 0 spiro atoms. The first kappa shape index (κ1) is 16.8. The van der Waals surface area contributed by atoms with E-state index in [1.807, 2.05) is 24.3 Å². The highest BCUT2D eigenvalue weighted by atomic mass is 16.4. The standard InChI is InChI=1S/C18H19N3O4/c1-9(2)11(18(24)25)7-20-14-15(17(23)16(14)22)21-13-8-19-12-6-4-3-5-10(12)13/h3-6,8-9,11,19-21H,7H2,1-2H3,(H,24,25)/t11-/m0/s1. The van der Waals surface area contributed by atoms with E-state index in [9.17, 15) is 19.5 Å². The minimum Gasteiger partial charge on any atom is -0.481 e. The number of carbonyl (C=O) groups is 1. The van der Waals surface area contributed by atoms with Gasteiger partial charge in [-0.15, -0.1) is 0 Å². The minimum atomic E-state index is -0.938. The van der Waals surface area contributed by atoms with Gasteiger partial charge >= 0.3 is 5.97 Å². The molecular weight excluding hydrogens is 322 g/mol. The van der Waals surface area contributed by atoms with Gasteiger partial charge in [0.25, 0.3) is 10.9 Å². The smallest absolute Gasteiger partial charge is 0.308 e. The fraction of sp³-hybridized carbons (Fsp3) is 0.278. The van der Waals surface area contributed by atoms with Crippen molar-refractivity contribution < 1.29 is 9.90 Å². The number of benzene rings is 1. The van der Waals surface area contributed by atoms with Crippen LogP contribution in [0.4, 0.5) is 17.1 Å². The molecule has 3 aromatic rings. The SMILES string of the molecule is CC(C)[C@H](CNc1c(Nc2c[nH]c3ccccc23)c(=O)c1=O)C(=O)O. The molecule has 0 aliphatic carbocycles. The Kier molecular flexibility index (Phi) is 4.31. The summed E-state index contributed by atoms with van der Waals surface area (Å²) in [5, 5.41) is 15.9. The molecule has 1 heterocycles. The van der Waals surface area contributed by atoms with Crippen LogP contribution in [-0.2, 0) is 4.79 Å². The molecule has 0 radical (unpaired) electrons. The predicted molar refractivity (Wildman–Crippen MR) is 97.4 cm³/mol. The van der Waals surface area contributed by atoms with Crippen molar-refractivity contribution in [3.05, 3.63) is 50.9 Å². The predicted octanol–water partition coefficient (Wildman–Crippen LogP) is 2.28. The number of fused-ring (bicyclic) bond motifs is 1. The van der Waals surface area contributed by atoms with E-state index < -0.39 is 22.7 Å². The van der Waals surface area contributed by atoms with Gasteiger partial charge in [0.05, 0.1) is 11.6 Å². The molecule has 130 valence electrons. The fourth-order valence-corrected chi connectivity index (χ4v) is 2.81. The van der Waals surface area contributed by atoms with Crippen LogP contribution in [0, 0.1) is 11.8 Å². The topological polar surface area (TPSA) is 111 Å². The second kappa shape index (κ2) is 6.43. The molecule has 0 aliphatic rings. The largest absolute Gasteiger partial charge is 0.481 e. The molecule has 0 amide bonds. The maximum absolute atomic E-state index is 11.9. The van der Waals surface area contributed by atoms with Gasteiger partial charge in [0.15, 0.2) is 0 Å². The average molecular weight is 341 g/mol. The molecule has 0 saturated heterocycles. The number of nitrogens with one attached hydrogen (secondary N) is 3. The minimum absolute atomic E-state index is 0.0837. The second-order valence-electron chi connectivity index (χ2n) is 6.35. The van der Waals surface area contributed by atoms with Crippen molar-refractivity contribution in [3.63, 3.8) is 0 Å². The number of carboxylic acid groups (broad SMARTS) is 1. The normalized spacial score (nSPS) is 12.6. The zero-order valence-corrected chi connectivity index (χ0v) is 13.9. The third-order valence-electron chi connectivity index (χ3n) is 4.38. The van der Waals surface area contributed by atoms with E-state index in [1.54, 1.807) is 20.0 Å². The maximum Gasteiger partial charge on any atom is 0.308 e. The van der Waals surface area contributed by atoms with Gasteiger partial charge in [-0.2, -0.15) is 0 Å². The van der Waals surface area contributed by atoms with Gasteiger partial charge in [0.1, 0.15) is 11.4 Å². The zero-order valence-electron chi connectivity index (χ0n) is 13.9. The number of aliphatic carboxylic acids is 1. The monoisotopic (exact) mass is 341 g/mol. The van der Waals surface area contributed by atoms with Crippen LogP contribution in [0.25, 0.3) is 10.9 Å². The molecule has 0 saturated carbocycles. The molecule has 1 atom stereocenters. The Morgan fingerprint density at radius 3 is 2.52 bits per heavy atom. The first-order valence-electron chi connectivity index (χ1n) is 8.03. The lowest BCUT2D eigenvalue weighted by Gasteiger charge is -2.19. The summed E-state index contributed by atoms with van der Waals surface area (Å²) < 4.78 is 0. The van der Waals surface area contributed by atoms with Gasteiger partial charge in [0.2, 0.25) is 0 Å².